The molecule has 162 valence electrons. The Kier molecular flexibility index (Phi) is 6.64. The van der Waals surface area contributed by atoms with Crippen LogP contribution < -0.4 is 10.1 Å². The van der Waals surface area contributed by atoms with E-state index in [1.54, 1.807) is 7.11 Å². The number of fused-ring (bicyclic) bond motifs is 1. The second kappa shape index (κ2) is 9.57. The highest BCUT2D eigenvalue weighted by atomic mass is 16.5. The summed E-state index contributed by atoms with van der Waals surface area (Å²) in [5.41, 5.74) is 1.28. The third-order valence-electron chi connectivity index (χ3n) is 6.18. The first-order chi connectivity index (χ1) is 14.6. The van der Waals surface area contributed by atoms with Gasteiger partial charge in [0.1, 0.15) is 11.6 Å². The monoisotopic (exact) mass is 412 g/mol. The van der Waals surface area contributed by atoms with Gasteiger partial charge in [-0.2, -0.15) is 0 Å². The highest BCUT2D eigenvalue weighted by Gasteiger charge is 2.25. The number of ether oxygens (including phenoxy) is 1. The Balaban J connectivity index is 1.31. The molecule has 1 fully saturated rings. The van der Waals surface area contributed by atoms with Crippen LogP contribution >= 0.6 is 0 Å². The predicted molar refractivity (Wildman–Crippen MR) is 114 cm³/mol. The average molecular weight is 413 g/mol. The fourth-order valence-corrected chi connectivity index (χ4v) is 4.40. The lowest BCUT2D eigenvalue weighted by atomic mass is 9.98. The molecule has 1 unspecified atom stereocenters. The quantitative estimate of drug-likeness (QED) is 0.771. The molecule has 1 aromatic heterocycles. The van der Waals surface area contributed by atoms with Crippen molar-refractivity contribution >= 4 is 5.91 Å². The molecule has 1 N–H and O–H groups in total. The molecule has 1 aromatic carbocycles. The van der Waals surface area contributed by atoms with Crippen LogP contribution in [-0.2, 0) is 30.8 Å². The third-order valence-corrected chi connectivity index (χ3v) is 6.18. The van der Waals surface area contributed by atoms with Gasteiger partial charge in [0.25, 0.3) is 0 Å². The summed E-state index contributed by atoms with van der Waals surface area (Å²) in [6.45, 7) is 6.00. The summed E-state index contributed by atoms with van der Waals surface area (Å²) in [6, 6.07) is 8.25. The first kappa shape index (κ1) is 20.8. The van der Waals surface area contributed by atoms with Gasteiger partial charge in [-0.05, 0) is 44.1 Å². The number of amides is 1. The van der Waals surface area contributed by atoms with Crippen LogP contribution in [0.1, 0.15) is 30.1 Å². The van der Waals surface area contributed by atoms with Crippen LogP contribution in [0.4, 0.5) is 0 Å². The Morgan fingerprint density at radius 2 is 2.00 bits per heavy atom. The fourth-order valence-electron chi connectivity index (χ4n) is 4.40. The minimum Gasteiger partial charge on any atom is -0.497 e. The van der Waals surface area contributed by atoms with Gasteiger partial charge < -0.3 is 19.5 Å². The number of hydrogen-bond acceptors (Lipinski definition) is 6. The second-order valence-electron chi connectivity index (χ2n) is 8.38. The van der Waals surface area contributed by atoms with Crippen LogP contribution in [-0.4, -0.2) is 70.8 Å². The van der Waals surface area contributed by atoms with Crippen LogP contribution in [0.3, 0.4) is 0 Å². The maximum absolute atomic E-state index is 12.6. The molecule has 0 aliphatic carbocycles. The molecule has 0 saturated carbocycles. The van der Waals surface area contributed by atoms with Crippen LogP contribution in [0, 0.1) is 5.92 Å². The summed E-state index contributed by atoms with van der Waals surface area (Å²) in [7, 11) is 3.77. The predicted octanol–water partition coefficient (Wildman–Crippen LogP) is 1.30. The van der Waals surface area contributed by atoms with Gasteiger partial charge in [0, 0.05) is 39.1 Å². The van der Waals surface area contributed by atoms with E-state index in [0.29, 0.717) is 6.54 Å². The van der Waals surface area contributed by atoms with Gasteiger partial charge >= 0.3 is 0 Å². The van der Waals surface area contributed by atoms with Gasteiger partial charge in [0.15, 0.2) is 5.82 Å². The molecule has 8 heteroatoms. The van der Waals surface area contributed by atoms with Gasteiger partial charge in [-0.1, -0.05) is 12.1 Å². The number of benzene rings is 1. The topological polar surface area (TPSA) is 75.5 Å². The minimum absolute atomic E-state index is 0.0789. The zero-order valence-electron chi connectivity index (χ0n) is 18.0. The standard InChI is InChI=1S/C22H32N6O2/c1-26-10-3-4-18(16-26)22(29)23-14-21-25-24-20-9-11-27(12-13-28(20)21)15-17-5-7-19(30-2)8-6-17/h5-8,18H,3-4,9-16H2,1-2H3,(H,23,29). The van der Waals surface area contributed by atoms with Crippen molar-refractivity contribution in [3.8, 4) is 5.75 Å². The lowest BCUT2D eigenvalue weighted by Gasteiger charge is -2.28. The van der Waals surface area contributed by atoms with Crippen LogP contribution in [0.2, 0.25) is 0 Å². The number of aromatic nitrogens is 3. The van der Waals surface area contributed by atoms with E-state index >= 15 is 0 Å². The summed E-state index contributed by atoms with van der Waals surface area (Å²) in [5.74, 6) is 2.96. The maximum Gasteiger partial charge on any atom is 0.224 e. The van der Waals surface area contributed by atoms with E-state index in [4.69, 9.17) is 4.74 Å². The Labute approximate surface area is 178 Å². The van der Waals surface area contributed by atoms with Gasteiger partial charge in [-0.25, -0.2) is 0 Å². The number of nitrogens with zero attached hydrogens (tertiary/aromatic N) is 5. The molecule has 30 heavy (non-hydrogen) atoms. The number of nitrogens with one attached hydrogen (secondary N) is 1. The molecule has 4 rings (SSSR count). The number of likely N-dealkylation sites (tertiary alicyclic amines) is 1. The maximum atomic E-state index is 12.6. The minimum atomic E-state index is 0.0789. The highest BCUT2D eigenvalue weighted by molar-refractivity contribution is 5.78. The fraction of sp³-hybridized carbons (Fsp3) is 0.591. The van der Waals surface area contributed by atoms with Crippen LogP contribution in [0.5, 0.6) is 5.75 Å². The lowest BCUT2D eigenvalue weighted by Crippen LogP contribution is -2.41. The van der Waals surface area contributed by atoms with Crippen molar-refractivity contribution in [2.24, 2.45) is 5.92 Å². The molecule has 0 bridgehead atoms. The summed E-state index contributed by atoms with van der Waals surface area (Å²) in [4.78, 5) is 17.2. The van der Waals surface area contributed by atoms with Crippen molar-refractivity contribution in [3.05, 3.63) is 41.5 Å². The van der Waals surface area contributed by atoms with E-state index in [2.05, 4.69) is 49.1 Å². The number of methoxy groups -OCH3 is 1. The first-order valence-electron chi connectivity index (χ1n) is 10.8. The first-order valence-corrected chi connectivity index (χ1v) is 10.8. The summed E-state index contributed by atoms with van der Waals surface area (Å²) in [5, 5.41) is 11.8. The molecule has 1 amide bonds. The van der Waals surface area contributed by atoms with Crippen molar-refractivity contribution in [2.75, 3.05) is 40.3 Å². The highest BCUT2D eigenvalue weighted by Crippen LogP contribution is 2.17. The zero-order chi connectivity index (χ0) is 20.9. The lowest BCUT2D eigenvalue weighted by molar-refractivity contribution is -0.126. The van der Waals surface area contributed by atoms with E-state index in [1.165, 1.54) is 5.56 Å². The molecule has 8 nitrogen and oxygen atoms in total. The van der Waals surface area contributed by atoms with Crippen molar-refractivity contribution in [1.82, 2.24) is 29.9 Å². The summed E-state index contributed by atoms with van der Waals surface area (Å²) in [6.07, 6.45) is 2.91. The molecule has 2 aliphatic heterocycles. The molecular formula is C22H32N6O2. The molecule has 3 heterocycles. The molecular weight excluding hydrogens is 380 g/mol. The largest absolute Gasteiger partial charge is 0.497 e. The van der Waals surface area contributed by atoms with E-state index in [-0.39, 0.29) is 11.8 Å². The van der Waals surface area contributed by atoms with Crippen LogP contribution in [0.15, 0.2) is 24.3 Å². The third kappa shape index (κ3) is 4.99. The van der Waals surface area contributed by atoms with E-state index < -0.39 is 0 Å². The number of hydrogen-bond donors (Lipinski definition) is 1. The van der Waals surface area contributed by atoms with Gasteiger partial charge in [-0.3, -0.25) is 9.69 Å². The average Bonchev–Trinajstić information content (AvgIpc) is 3.05. The molecule has 2 aromatic rings. The Morgan fingerprint density at radius 3 is 2.77 bits per heavy atom. The molecule has 1 atom stereocenters. The summed E-state index contributed by atoms with van der Waals surface area (Å²) < 4.78 is 7.43. The van der Waals surface area contributed by atoms with Gasteiger partial charge in [0.2, 0.25) is 5.91 Å². The van der Waals surface area contributed by atoms with Gasteiger partial charge in [0.05, 0.1) is 19.6 Å². The Hall–Kier alpha value is -2.45. The molecule has 2 aliphatic rings. The van der Waals surface area contributed by atoms with Crippen molar-refractivity contribution < 1.29 is 9.53 Å². The number of rotatable bonds is 6. The SMILES string of the molecule is COc1ccc(CN2CCc3nnc(CNC(=O)C4CCCN(C)C4)n3CC2)cc1. The molecule has 1 saturated heterocycles. The smallest absolute Gasteiger partial charge is 0.224 e. The van der Waals surface area contributed by atoms with Crippen LogP contribution in [0.25, 0.3) is 0 Å². The van der Waals surface area contributed by atoms with E-state index in [9.17, 15) is 4.79 Å². The number of carbonyl (C=O) groups excluding carboxylic acids is 1. The van der Waals surface area contributed by atoms with Crippen molar-refractivity contribution in [2.45, 2.75) is 38.9 Å². The number of carbonyl (C=O) groups is 1. The Bertz CT molecular complexity index is 850. The van der Waals surface area contributed by atoms with Crippen molar-refractivity contribution in [1.29, 1.82) is 0 Å². The van der Waals surface area contributed by atoms with E-state index in [0.717, 1.165) is 75.9 Å². The number of piperidine rings is 1. The van der Waals surface area contributed by atoms with Crippen molar-refractivity contribution in [3.63, 3.8) is 0 Å². The van der Waals surface area contributed by atoms with E-state index in [1.807, 2.05) is 12.1 Å². The van der Waals surface area contributed by atoms with Gasteiger partial charge in [-0.15, -0.1) is 10.2 Å². The molecule has 0 spiro atoms. The second-order valence-corrected chi connectivity index (χ2v) is 8.38. The summed E-state index contributed by atoms with van der Waals surface area (Å²) >= 11 is 0. The normalized spacial score (nSPS) is 20.4. The molecule has 0 radical (unpaired) electrons. The Morgan fingerprint density at radius 1 is 1.17 bits per heavy atom. The zero-order valence-corrected chi connectivity index (χ0v) is 18.0.